The predicted octanol–water partition coefficient (Wildman–Crippen LogP) is 3.08. The Kier molecular flexibility index (Phi) is 4.36. The van der Waals surface area contributed by atoms with Crippen molar-refractivity contribution in [3.8, 4) is 0 Å². The van der Waals surface area contributed by atoms with E-state index in [0.717, 1.165) is 6.42 Å². The van der Waals surface area contributed by atoms with E-state index in [0.29, 0.717) is 23.3 Å². The van der Waals surface area contributed by atoms with Crippen LogP contribution in [0.1, 0.15) is 43.3 Å². The highest BCUT2D eigenvalue weighted by Gasteiger charge is 2.47. The number of ether oxygens (including phenoxy) is 1. The molecule has 0 spiro atoms. The lowest BCUT2D eigenvalue weighted by Crippen LogP contribution is -2.28. The van der Waals surface area contributed by atoms with Gasteiger partial charge in [0.25, 0.3) is 5.91 Å². The second-order valence-electron chi connectivity index (χ2n) is 7.47. The van der Waals surface area contributed by atoms with Crippen LogP contribution in [-0.2, 0) is 4.74 Å². The predicted molar refractivity (Wildman–Crippen MR) is 97.9 cm³/mol. The van der Waals surface area contributed by atoms with E-state index in [2.05, 4.69) is 24.1 Å². The summed E-state index contributed by atoms with van der Waals surface area (Å²) in [7, 11) is 0. The second kappa shape index (κ2) is 6.68. The zero-order valence-electron chi connectivity index (χ0n) is 15.0. The first kappa shape index (κ1) is 17.0. The summed E-state index contributed by atoms with van der Waals surface area (Å²) in [6, 6.07) is 10.5. The Balaban J connectivity index is 1.49. The van der Waals surface area contributed by atoms with E-state index in [-0.39, 0.29) is 24.1 Å². The van der Waals surface area contributed by atoms with Crippen LogP contribution >= 0.6 is 0 Å². The van der Waals surface area contributed by atoms with Crippen molar-refractivity contribution in [1.29, 1.82) is 0 Å². The summed E-state index contributed by atoms with van der Waals surface area (Å²) in [5.41, 5.74) is 0.120. The lowest BCUT2D eigenvalue weighted by atomic mass is 9.94. The van der Waals surface area contributed by atoms with Gasteiger partial charge in [0.15, 0.2) is 0 Å². The summed E-state index contributed by atoms with van der Waals surface area (Å²) in [5, 5.41) is 2.67. The number of carbonyl (C=O) groups excluding carboxylic acids is 1. The minimum absolute atomic E-state index is 0.222. The molecule has 0 unspecified atom stereocenters. The molecule has 2 aliphatic rings. The summed E-state index contributed by atoms with van der Waals surface area (Å²) in [6.07, 6.45) is 3.64. The van der Waals surface area contributed by atoms with Gasteiger partial charge in [-0.05, 0) is 48.8 Å². The van der Waals surface area contributed by atoms with E-state index in [4.69, 9.17) is 4.74 Å². The summed E-state index contributed by atoms with van der Waals surface area (Å²) < 4.78 is 7.70. The normalized spacial score (nSPS) is 30.2. The fraction of sp³-hybridized carbons (Fsp3) is 0.450. The Bertz CT molecular complexity index is 848. The highest BCUT2D eigenvalue weighted by molar-refractivity contribution is 6.03. The number of hydrogen-bond donors (Lipinski definition) is 1. The van der Waals surface area contributed by atoms with Crippen molar-refractivity contribution < 1.29 is 9.53 Å². The molecule has 1 aliphatic heterocycles. The molecule has 1 saturated carbocycles. The number of nitrogens with zero attached hydrogens (tertiary/aromatic N) is 2. The van der Waals surface area contributed by atoms with Crippen LogP contribution in [0.5, 0.6) is 0 Å². The fourth-order valence-electron chi connectivity index (χ4n) is 4.37. The van der Waals surface area contributed by atoms with Crippen molar-refractivity contribution in [2.24, 2.45) is 17.8 Å². The lowest BCUT2D eigenvalue weighted by Gasteiger charge is -2.18. The van der Waals surface area contributed by atoms with Crippen LogP contribution in [0.3, 0.4) is 0 Å². The van der Waals surface area contributed by atoms with Gasteiger partial charge in [-0.15, -0.1) is 0 Å². The number of carbonyl (C=O) groups is 1. The van der Waals surface area contributed by atoms with Crippen LogP contribution < -0.4 is 11.0 Å². The lowest BCUT2D eigenvalue weighted by molar-refractivity contribution is -0.0217. The maximum Gasteiger partial charge on any atom is 0.351 e. The maximum atomic E-state index is 12.4. The topological polar surface area (TPSA) is 73.2 Å². The molecule has 0 radical (unpaired) electrons. The molecule has 2 aromatic rings. The van der Waals surface area contributed by atoms with Crippen LogP contribution in [-0.4, -0.2) is 21.6 Å². The molecule has 1 N–H and O–H groups in total. The molecule has 1 aromatic carbocycles. The summed E-state index contributed by atoms with van der Waals surface area (Å²) in [6.45, 7) is 4.48. The number of nitrogens with one attached hydrogen (secondary N) is 1. The number of aromatic nitrogens is 2. The van der Waals surface area contributed by atoms with Crippen molar-refractivity contribution in [2.45, 2.75) is 39.0 Å². The third kappa shape index (κ3) is 3.05. The number of amides is 1. The smallest absolute Gasteiger partial charge is 0.351 e. The molecular formula is C20H23N3O3. The average molecular weight is 353 g/mol. The molecular weight excluding hydrogens is 330 g/mol. The fourth-order valence-corrected chi connectivity index (χ4v) is 4.37. The van der Waals surface area contributed by atoms with E-state index >= 15 is 0 Å². The van der Waals surface area contributed by atoms with Gasteiger partial charge in [0.05, 0.1) is 6.10 Å². The summed E-state index contributed by atoms with van der Waals surface area (Å²) in [4.78, 5) is 28.6. The molecule has 5 atom stereocenters. The highest BCUT2D eigenvalue weighted by Crippen LogP contribution is 2.48. The van der Waals surface area contributed by atoms with Crippen molar-refractivity contribution in [3.63, 3.8) is 0 Å². The van der Waals surface area contributed by atoms with Gasteiger partial charge in [-0.2, -0.15) is 4.98 Å². The molecule has 1 aliphatic carbocycles. The van der Waals surface area contributed by atoms with Crippen LogP contribution in [0.15, 0.2) is 47.4 Å². The Hall–Kier alpha value is -2.47. The van der Waals surface area contributed by atoms with Crippen molar-refractivity contribution in [3.05, 3.63) is 58.6 Å². The molecule has 4 rings (SSSR count). The molecule has 6 nitrogen and oxygen atoms in total. The Labute approximate surface area is 152 Å². The van der Waals surface area contributed by atoms with Gasteiger partial charge >= 0.3 is 5.69 Å². The van der Waals surface area contributed by atoms with Gasteiger partial charge in [-0.1, -0.05) is 32.0 Å². The van der Waals surface area contributed by atoms with Gasteiger partial charge in [0.2, 0.25) is 0 Å². The first-order chi connectivity index (χ1) is 12.5. The van der Waals surface area contributed by atoms with Gasteiger partial charge in [0, 0.05) is 11.8 Å². The van der Waals surface area contributed by atoms with E-state index in [1.165, 1.54) is 11.0 Å². The molecule has 1 amide bonds. The van der Waals surface area contributed by atoms with Crippen LogP contribution in [0.25, 0.3) is 0 Å². The molecule has 1 aromatic heterocycles. The van der Waals surface area contributed by atoms with Gasteiger partial charge in [0.1, 0.15) is 12.0 Å². The Morgan fingerprint density at radius 2 is 1.92 bits per heavy atom. The Morgan fingerprint density at radius 3 is 2.62 bits per heavy atom. The zero-order chi connectivity index (χ0) is 18.3. The second-order valence-corrected chi connectivity index (χ2v) is 7.47. The molecule has 2 fully saturated rings. The van der Waals surface area contributed by atoms with E-state index in [1.807, 2.05) is 6.07 Å². The number of benzene rings is 1. The molecule has 0 bridgehead atoms. The number of rotatable bonds is 3. The average Bonchev–Trinajstić information content (AvgIpc) is 3.17. The molecule has 136 valence electrons. The molecule has 26 heavy (non-hydrogen) atoms. The minimum Gasteiger partial charge on any atom is -0.354 e. The van der Waals surface area contributed by atoms with E-state index < -0.39 is 5.69 Å². The van der Waals surface area contributed by atoms with Crippen molar-refractivity contribution in [2.75, 3.05) is 5.32 Å². The Morgan fingerprint density at radius 1 is 1.15 bits per heavy atom. The van der Waals surface area contributed by atoms with Crippen LogP contribution in [0, 0.1) is 17.8 Å². The maximum absolute atomic E-state index is 12.4. The van der Waals surface area contributed by atoms with Crippen molar-refractivity contribution in [1.82, 2.24) is 9.55 Å². The van der Waals surface area contributed by atoms with Crippen LogP contribution in [0.4, 0.5) is 5.82 Å². The monoisotopic (exact) mass is 353 g/mol. The minimum atomic E-state index is -0.402. The van der Waals surface area contributed by atoms with E-state index in [1.54, 1.807) is 36.5 Å². The number of fused-ring (bicyclic) bond motifs is 1. The zero-order valence-corrected chi connectivity index (χ0v) is 15.0. The third-order valence-corrected chi connectivity index (χ3v) is 5.66. The first-order valence-electron chi connectivity index (χ1n) is 9.14. The first-order valence-corrected chi connectivity index (χ1v) is 9.14. The summed E-state index contributed by atoms with van der Waals surface area (Å²) >= 11 is 0. The number of anilines is 1. The van der Waals surface area contributed by atoms with Gasteiger partial charge < -0.3 is 10.1 Å². The highest BCUT2D eigenvalue weighted by atomic mass is 16.5. The van der Waals surface area contributed by atoms with Gasteiger partial charge in [-0.3, -0.25) is 9.36 Å². The quantitative estimate of drug-likeness (QED) is 0.920. The molecule has 1 saturated heterocycles. The van der Waals surface area contributed by atoms with Crippen molar-refractivity contribution >= 4 is 11.7 Å². The summed E-state index contributed by atoms with van der Waals surface area (Å²) in [5.74, 6) is 1.60. The standard InChI is InChI=1S/C20H23N3O3/c1-12-10-13(2)18-15(12)11-17(26-18)23-9-8-16(22-20(23)25)21-19(24)14-6-4-3-5-7-14/h3-9,12-13,15,17-18H,10-11H2,1-2H3,(H,21,22,24,25)/t12-,13-,15+,17-,18-/m1/s1. The third-order valence-electron chi connectivity index (χ3n) is 5.66. The molecule has 6 heteroatoms. The molecule has 2 heterocycles. The SMILES string of the molecule is C[C@@H]1C[C@@H](C)[C@H]2O[C@@H](n3ccc(NC(=O)c4ccccc4)nc3=O)C[C@H]21. The van der Waals surface area contributed by atoms with Crippen LogP contribution in [0.2, 0.25) is 0 Å². The van der Waals surface area contributed by atoms with Gasteiger partial charge in [-0.25, -0.2) is 4.79 Å². The largest absolute Gasteiger partial charge is 0.354 e. The van der Waals surface area contributed by atoms with E-state index in [9.17, 15) is 9.59 Å². The number of hydrogen-bond acceptors (Lipinski definition) is 4.